The van der Waals surface area contributed by atoms with Crippen molar-refractivity contribution in [2.75, 3.05) is 31.6 Å². The fourth-order valence-electron chi connectivity index (χ4n) is 5.44. The number of piperidine rings is 1. The van der Waals surface area contributed by atoms with E-state index in [-0.39, 0.29) is 12.1 Å². The van der Waals surface area contributed by atoms with E-state index in [4.69, 9.17) is 0 Å². The lowest BCUT2D eigenvalue weighted by atomic mass is 10.0. The van der Waals surface area contributed by atoms with Crippen LogP contribution < -0.4 is 4.90 Å². The summed E-state index contributed by atoms with van der Waals surface area (Å²) in [6.45, 7) is 2.80. The molecule has 0 unspecified atom stereocenters. The van der Waals surface area contributed by atoms with Gasteiger partial charge in [-0.25, -0.2) is 9.97 Å². The molecular formula is C27H30N6O. The first-order valence-corrected chi connectivity index (χ1v) is 12.1. The van der Waals surface area contributed by atoms with E-state index in [0.717, 1.165) is 53.8 Å². The molecule has 2 aromatic heterocycles. The van der Waals surface area contributed by atoms with Gasteiger partial charge in [0.25, 0.3) is 0 Å². The molecule has 6 rings (SSSR count). The van der Waals surface area contributed by atoms with Gasteiger partial charge in [-0.15, -0.1) is 0 Å². The van der Waals surface area contributed by atoms with Crippen LogP contribution in [0.25, 0.3) is 22.0 Å². The quantitative estimate of drug-likeness (QED) is 0.501. The molecule has 4 aromatic rings. The third-order valence-corrected chi connectivity index (χ3v) is 7.35. The third kappa shape index (κ3) is 3.95. The lowest BCUT2D eigenvalue weighted by molar-refractivity contribution is 0.194. The summed E-state index contributed by atoms with van der Waals surface area (Å²) in [5.41, 5.74) is 4.32. The van der Waals surface area contributed by atoms with Crippen LogP contribution in [0.2, 0.25) is 0 Å². The second kappa shape index (κ2) is 8.81. The Morgan fingerprint density at radius 2 is 1.79 bits per heavy atom. The predicted octanol–water partition coefficient (Wildman–Crippen LogP) is 4.07. The molecule has 2 aliphatic heterocycles. The van der Waals surface area contributed by atoms with Gasteiger partial charge in [-0.05, 0) is 62.7 Å². The minimum absolute atomic E-state index is 0.0988. The monoisotopic (exact) mass is 454 g/mol. The van der Waals surface area contributed by atoms with Crippen LogP contribution in [0.1, 0.15) is 36.9 Å². The second-order valence-corrected chi connectivity index (χ2v) is 9.64. The maximum Gasteiger partial charge on any atom is 0.140 e. The minimum atomic E-state index is -0.375. The van der Waals surface area contributed by atoms with Gasteiger partial charge < -0.3 is 14.9 Å². The molecule has 0 bridgehead atoms. The number of hydrogen-bond donors (Lipinski definition) is 1. The van der Waals surface area contributed by atoms with Crippen LogP contribution >= 0.6 is 0 Å². The van der Waals surface area contributed by atoms with E-state index in [9.17, 15) is 5.11 Å². The molecule has 2 aliphatic rings. The molecule has 0 aliphatic carbocycles. The molecule has 0 spiro atoms. The molecular weight excluding hydrogens is 424 g/mol. The number of nitrogens with zero attached hydrogens (tertiary/aromatic N) is 6. The zero-order chi connectivity index (χ0) is 23.1. The number of benzene rings is 2. The van der Waals surface area contributed by atoms with Gasteiger partial charge in [0.05, 0.1) is 29.9 Å². The van der Waals surface area contributed by atoms with Crippen molar-refractivity contribution in [1.29, 1.82) is 0 Å². The van der Waals surface area contributed by atoms with Gasteiger partial charge in [0.2, 0.25) is 0 Å². The van der Waals surface area contributed by atoms with Crippen LogP contribution in [-0.2, 0) is 0 Å². The van der Waals surface area contributed by atoms with Gasteiger partial charge in [0, 0.05) is 23.7 Å². The molecule has 4 heterocycles. The summed E-state index contributed by atoms with van der Waals surface area (Å²) in [4.78, 5) is 13.8. The van der Waals surface area contributed by atoms with Crippen molar-refractivity contribution in [3.05, 3.63) is 72.8 Å². The van der Waals surface area contributed by atoms with E-state index in [0.29, 0.717) is 19.0 Å². The summed E-state index contributed by atoms with van der Waals surface area (Å²) in [5.74, 6) is 0.879. The highest BCUT2D eigenvalue weighted by Crippen LogP contribution is 2.38. The second-order valence-electron chi connectivity index (χ2n) is 9.64. The molecule has 2 saturated heterocycles. The topological polar surface area (TPSA) is 70.3 Å². The summed E-state index contributed by atoms with van der Waals surface area (Å²) < 4.78 is 2.13. The molecule has 1 N–H and O–H groups in total. The average molecular weight is 455 g/mol. The molecule has 34 heavy (non-hydrogen) atoms. The molecule has 0 saturated carbocycles. The van der Waals surface area contributed by atoms with Crippen molar-refractivity contribution in [3.63, 3.8) is 0 Å². The standard InChI is InChI=1S/C27H30N6O/c1-31-11-9-22(10-12-31)33-16-21(15-30-33)20-7-8-24-25(13-20)28-18-29-27(24)32-17-23(34)14-26(32)19-5-3-2-4-6-19/h2-8,13,15-16,18,22-23,26,34H,9-12,14,17H2,1H3/t23-,26-/m0/s1. The van der Waals surface area contributed by atoms with E-state index < -0.39 is 0 Å². The lowest BCUT2D eigenvalue weighted by Crippen LogP contribution is -2.31. The molecule has 2 atom stereocenters. The normalized spacial score (nSPS) is 22.0. The first kappa shape index (κ1) is 21.3. The van der Waals surface area contributed by atoms with E-state index in [1.54, 1.807) is 6.33 Å². The molecule has 174 valence electrons. The Morgan fingerprint density at radius 1 is 0.971 bits per heavy atom. The van der Waals surface area contributed by atoms with Crippen molar-refractivity contribution in [1.82, 2.24) is 24.6 Å². The highest BCUT2D eigenvalue weighted by molar-refractivity contribution is 5.92. The van der Waals surface area contributed by atoms with E-state index >= 15 is 0 Å². The predicted molar refractivity (Wildman–Crippen MR) is 134 cm³/mol. The van der Waals surface area contributed by atoms with Gasteiger partial charge in [-0.2, -0.15) is 5.10 Å². The number of aromatic nitrogens is 4. The Labute approximate surface area is 199 Å². The van der Waals surface area contributed by atoms with Crippen LogP contribution in [0.3, 0.4) is 0 Å². The number of β-amino-alcohol motifs (C(OH)–C–C–N with tert-alkyl or cyclic N) is 1. The first-order chi connectivity index (χ1) is 16.7. The van der Waals surface area contributed by atoms with Crippen molar-refractivity contribution in [2.24, 2.45) is 0 Å². The third-order valence-electron chi connectivity index (χ3n) is 7.35. The van der Waals surface area contributed by atoms with E-state index in [1.165, 1.54) is 5.56 Å². The molecule has 0 radical (unpaired) electrons. The fourth-order valence-corrected chi connectivity index (χ4v) is 5.44. The van der Waals surface area contributed by atoms with Crippen molar-refractivity contribution in [3.8, 4) is 11.1 Å². The Balaban J connectivity index is 1.31. The molecule has 7 heteroatoms. The number of rotatable bonds is 4. The highest BCUT2D eigenvalue weighted by Gasteiger charge is 2.33. The van der Waals surface area contributed by atoms with Crippen molar-refractivity contribution < 1.29 is 5.11 Å². The number of hydrogen-bond acceptors (Lipinski definition) is 6. The molecule has 2 aromatic carbocycles. The fraction of sp³-hybridized carbons (Fsp3) is 0.370. The zero-order valence-electron chi connectivity index (χ0n) is 19.5. The van der Waals surface area contributed by atoms with Crippen LogP contribution in [0.15, 0.2) is 67.3 Å². The summed E-state index contributed by atoms with van der Waals surface area (Å²) in [6, 6.07) is 17.3. The van der Waals surface area contributed by atoms with Crippen LogP contribution in [0, 0.1) is 0 Å². The number of fused-ring (bicyclic) bond motifs is 1. The maximum absolute atomic E-state index is 10.5. The average Bonchev–Trinajstić information content (AvgIpc) is 3.52. The SMILES string of the molecule is CN1CCC(n2cc(-c3ccc4c(N5C[C@@H](O)C[C@H]5c5ccccc5)ncnc4c3)cn2)CC1. The number of aliphatic hydroxyl groups is 1. The van der Waals surface area contributed by atoms with Crippen molar-refractivity contribution in [2.45, 2.75) is 37.5 Å². The highest BCUT2D eigenvalue weighted by atomic mass is 16.3. The Bertz CT molecular complexity index is 1280. The largest absolute Gasteiger partial charge is 0.391 e. The number of aliphatic hydroxyl groups excluding tert-OH is 1. The molecule has 2 fully saturated rings. The zero-order valence-corrected chi connectivity index (χ0v) is 19.5. The Hall–Kier alpha value is -3.29. The smallest absolute Gasteiger partial charge is 0.140 e. The van der Waals surface area contributed by atoms with Crippen molar-refractivity contribution >= 4 is 16.7 Å². The number of likely N-dealkylation sites (tertiary alicyclic amines) is 1. The van der Waals surface area contributed by atoms with Gasteiger partial charge in [0.15, 0.2) is 0 Å². The summed E-state index contributed by atoms with van der Waals surface area (Å²) in [5, 5.41) is 16.2. The summed E-state index contributed by atoms with van der Waals surface area (Å²) in [7, 11) is 2.18. The summed E-state index contributed by atoms with van der Waals surface area (Å²) in [6.07, 6.45) is 8.36. The van der Waals surface area contributed by atoms with E-state index in [2.05, 4.69) is 73.1 Å². The van der Waals surface area contributed by atoms with Gasteiger partial charge in [0.1, 0.15) is 12.1 Å². The Morgan fingerprint density at radius 3 is 2.62 bits per heavy atom. The van der Waals surface area contributed by atoms with Crippen LogP contribution in [0.4, 0.5) is 5.82 Å². The minimum Gasteiger partial charge on any atom is -0.391 e. The van der Waals surface area contributed by atoms with Crippen LogP contribution in [0.5, 0.6) is 0 Å². The summed E-state index contributed by atoms with van der Waals surface area (Å²) >= 11 is 0. The Kier molecular flexibility index (Phi) is 5.51. The van der Waals surface area contributed by atoms with Gasteiger partial charge in [-0.3, -0.25) is 4.68 Å². The van der Waals surface area contributed by atoms with Crippen LogP contribution in [-0.4, -0.2) is 62.5 Å². The first-order valence-electron chi connectivity index (χ1n) is 12.1. The maximum atomic E-state index is 10.5. The molecule has 7 nitrogen and oxygen atoms in total. The molecule has 0 amide bonds. The number of anilines is 1. The van der Waals surface area contributed by atoms with Gasteiger partial charge in [-0.1, -0.05) is 36.4 Å². The lowest BCUT2D eigenvalue weighted by Gasteiger charge is -2.28. The van der Waals surface area contributed by atoms with E-state index in [1.807, 2.05) is 24.4 Å². The van der Waals surface area contributed by atoms with Gasteiger partial charge >= 0.3 is 0 Å².